The Kier molecular flexibility index (Phi) is 6.38. The lowest BCUT2D eigenvalue weighted by molar-refractivity contribution is -0.116. The van der Waals surface area contributed by atoms with Crippen LogP contribution in [0.3, 0.4) is 0 Å². The van der Waals surface area contributed by atoms with Gasteiger partial charge in [0.15, 0.2) is 11.5 Å². The number of carbonyl (C=O) groups excluding carboxylic acids is 2. The first-order valence-corrected chi connectivity index (χ1v) is 13.3. The normalized spacial score (nSPS) is 11.4. The molecule has 0 bridgehead atoms. The number of fused-ring (bicyclic) bond motifs is 1. The number of rotatable bonds is 9. The number of H-pyrrole nitrogens is 1. The van der Waals surface area contributed by atoms with Crippen molar-refractivity contribution < 1.29 is 9.59 Å². The number of amides is 1. The van der Waals surface area contributed by atoms with E-state index in [1.54, 1.807) is 0 Å². The van der Waals surface area contributed by atoms with Gasteiger partial charge in [0.2, 0.25) is 5.91 Å². The molecule has 9 heteroatoms. The molecule has 0 aliphatic rings. The van der Waals surface area contributed by atoms with Crippen LogP contribution in [0.1, 0.15) is 23.2 Å². The molecular weight excluding hydrogens is 384 g/mol. The van der Waals surface area contributed by atoms with Gasteiger partial charge in [-0.15, -0.1) is 0 Å². The molecule has 0 saturated heterocycles. The summed E-state index contributed by atoms with van der Waals surface area (Å²) in [5, 5.41) is 2.84. The van der Waals surface area contributed by atoms with Gasteiger partial charge in [0.05, 0.1) is 14.4 Å². The number of nitrogens with zero attached hydrogens (tertiary/aromatic N) is 4. The molecular formula is C20H26N6O2Si. The molecule has 3 aromatic rings. The van der Waals surface area contributed by atoms with Crippen molar-refractivity contribution in [2.75, 3.05) is 22.9 Å². The third kappa shape index (κ3) is 5.70. The molecule has 0 atom stereocenters. The maximum Gasteiger partial charge on any atom is 0.225 e. The van der Waals surface area contributed by atoms with Gasteiger partial charge in [-0.1, -0.05) is 19.6 Å². The van der Waals surface area contributed by atoms with Crippen molar-refractivity contribution in [2.24, 2.45) is 0 Å². The lowest BCUT2D eigenvalue weighted by Gasteiger charge is -2.31. The number of hydrogen-bond donors (Lipinski definition) is 2. The maximum atomic E-state index is 12.4. The Morgan fingerprint density at radius 1 is 1.17 bits per heavy atom. The highest BCUT2D eigenvalue weighted by Gasteiger charge is 2.19. The summed E-state index contributed by atoms with van der Waals surface area (Å²) in [4.78, 5) is 40.8. The van der Waals surface area contributed by atoms with Crippen molar-refractivity contribution in [1.29, 1.82) is 0 Å². The Bertz CT molecular complexity index is 981. The van der Waals surface area contributed by atoms with E-state index in [9.17, 15) is 9.59 Å². The lowest BCUT2D eigenvalue weighted by atomic mass is 10.2. The first kappa shape index (κ1) is 20.7. The van der Waals surface area contributed by atoms with E-state index in [0.29, 0.717) is 35.4 Å². The first-order chi connectivity index (χ1) is 13.9. The van der Waals surface area contributed by atoms with Gasteiger partial charge in [-0.3, -0.25) is 9.59 Å². The second kappa shape index (κ2) is 8.95. The fourth-order valence-corrected chi connectivity index (χ4v) is 4.61. The van der Waals surface area contributed by atoms with Gasteiger partial charge in [-0.05, 0) is 30.7 Å². The highest BCUT2D eigenvalue weighted by molar-refractivity contribution is 6.76. The second-order valence-corrected chi connectivity index (χ2v) is 13.6. The summed E-state index contributed by atoms with van der Waals surface area (Å²) in [6, 6.07) is 7.60. The minimum absolute atomic E-state index is 0.0937. The molecule has 0 aliphatic carbocycles. The minimum atomic E-state index is -1.36. The fourth-order valence-electron chi connectivity index (χ4n) is 3.12. The zero-order valence-corrected chi connectivity index (χ0v) is 18.0. The average molecular weight is 411 g/mol. The first-order valence-electron chi connectivity index (χ1n) is 9.60. The third-order valence-corrected chi connectivity index (χ3v) is 5.70. The number of aldehydes is 1. The molecule has 0 saturated carbocycles. The van der Waals surface area contributed by atoms with Crippen molar-refractivity contribution in [3.8, 4) is 0 Å². The van der Waals surface area contributed by atoms with Crippen molar-refractivity contribution in [1.82, 2.24) is 19.9 Å². The van der Waals surface area contributed by atoms with Gasteiger partial charge >= 0.3 is 0 Å². The molecule has 8 nitrogen and oxygen atoms in total. The van der Waals surface area contributed by atoms with Gasteiger partial charge in [-0.25, -0.2) is 15.0 Å². The van der Waals surface area contributed by atoms with E-state index in [4.69, 9.17) is 0 Å². The summed E-state index contributed by atoms with van der Waals surface area (Å²) in [5.41, 5.74) is 2.89. The highest BCUT2D eigenvalue weighted by Crippen LogP contribution is 2.19. The average Bonchev–Trinajstić information content (AvgIpc) is 3.16. The van der Waals surface area contributed by atoms with Crippen LogP contribution < -0.4 is 10.2 Å². The van der Waals surface area contributed by atoms with Crippen molar-refractivity contribution in [2.45, 2.75) is 32.5 Å². The number of hydrogen-bond acceptors (Lipinski definition) is 6. The Labute approximate surface area is 170 Å². The zero-order valence-electron chi connectivity index (χ0n) is 17.0. The van der Waals surface area contributed by atoms with Gasteiger partial charge < -0.3 is 15.2 Å². The predicted octanol–water partition coefficient (Wildman–Crippen LogP) is 3.27. The van der Waals surface area contributed by atoms with E-state index in [0.717, 1.165) is 24.7 Å². The highest BCUT2D eigenvalue weighted by atomic mass is 28.3. The monoisotopic (exact) mass is 410 g/mol. The summed E-state index contributed by atoms with van der Waals surface area (Å²) in [5.74, 6) is 0.352. The van der Waals surface area contributed by atoms with Gasteiger partial charge in [0.25, 0.3) is 0 Å². The molecule has 1 amide bonds. The molecule has 0 aliphatic heterocycles. The molecule has 0 unspecified atom stereocenters. The van der Waals surface area contributed by atoms with E-state index >= 15 is 0 Å². The maximum absolute atomic E-state index is 12.4. The summed E-state index contributed by atoms with van der Waals surface area (Å²) < 4.78 is 0. The van der Waals surface area contributed by atoms with Gasteiger partial charge in [0.1, 0.15) is 18.1 Å². The zero-order chi connectivity index (χ0) is 20.9. The van der Waals surface area contributed by atoms with Crippen LogP contribution in [0, 0.1) is 0 Å². The standard InChI is InChI=1S/C20H26N6O2Si/c1-29(2,3)14-26(16-8-6-15(11-27)7-9-16)10-4-5-17(28)25-20-18-19(22-12-21-18)23-13-24-20/h6-9,11-13H,4-5,10,14H2,1-3H3,(H2,21,22,23,24,25,28). The number of nitrogens with one attached hydrogen (secondary N) is 2. The van der Waals surface area contributed by atoms with Crippen molar-refractivity contribution in [3.05, 3.63) is 42.5 Å². The molecule has 2 aromatic heterocycles. The van der Waals surface area contributed by atoms with Crippen LogP contribution in [0.25, 0.3) is 11.2 Å². The Balaban J connectivity index is 1.60. The summed E-state index contributed by atoms with van der Waals surface area (Å²) in [7, 11) is -1.36. The molecule has 0 spiro atoms. The Morgan fingerprint density at radius 3 is 2.62 bits per heavy atom. The molecule has 29 heavy (non-hydrogen) atoms. The quantitative estimate of drug-likeness (QED) is 0.414. The molecule has 0 radical (unpaired) electrons. The SMILES string of the molecule is C[Si](C)(C)CN(CCCC(=O)Nc1ncnc2nc[nH]c12)c1ccc(C=O)cc1. The van der Waals surface area contributed by atoms with E-state index < -0.39 is 8.07 Å². The summed E-state index contributed by atoms with van der Waals surface area (Å²) in [6.07, 6.45) is 5.84. The Hall–Kier alpha value is -3.07. The smallest absolute Gasteiger partial charge is 0.225 e. The molecule has 1 aromatic carbocycles. The van der Waals surface area contributed by atoms with E-state index in [1.165, 1.54) is 12.7 Å². The van der Waals surface area contributed by atoms with E-state index in [-0.39, 0.29) is 5.91 Å². The van der Waals surface area contributed by atoms with E-state index in [1.807, 2.05) is 24.3 Å². The predicted molar refractivity (Wildman–Crippen MR) is 117 cm³/mol. The summed E-state index contributed by atoms with van der Waals surface area (Å²) >= 11 is 0. The molecule has 0 fully saturated rings. The topological polar surface area (TPSA) is 104 Å². The number of benzene rings is 1. The number of anilines is 2. The van der Waals surface area contributed by atoms with Gasteiger partial charge in [0, 0.05) is 30.4 Å². The van der Waals surface area contributed by atoms with Crippen LogP contribution in [0.4, 0.5) is 11.5 Å². The van der Waals surface area contributed by atoms with Crippen LogP contribution >= 0.6 is 0 Å². The van der Waals surface area contributed by atoms with Gasteiger partial charge in [-0.2, -0.15) is 0 Å². The van der Waals surface area contributed by atoms with Crippen LogP contribution in [0.2, 0.25) is 19.6 Å². The number of carbonyl (C=O) groups is 2. The van der Waals surface area contributed by atoms with Crippen molar-refractivity contribution >= 4 is 42.9 Å². The van der Waals surface area contributed by atoms with Crippen LogP contribution in [0.5, 0.6) is 0 Å². The number of aromatic amines is 1. The molecule has 3 rings (SSSR count). The van der Waals surface area contributed by atoms with E-state index in [2.05, 4.69) is 49.8 Å². The number of aromatic nitrogens is 4. The van der Waals surface area contributed by atoms with Crippen LogP contribution in [-0.2, 0) is 4.79 Å². The van der Waals surface area contributed by atoms with Crippen LogP contribution in [-0.4, -0.2) is 52.9 Å². The van der Waals surface area contributed by atoms with Crippen molar-refractivity contribution in [3.63, 3.8) is 0 Å². The molecule has 152 valence electrons. The fraction of sp³-hybridized carbons (Fsp3) is 0.350. The minimum Gasteiger partial charge on any atom is -0.374 e. The lowest BCUT2D eigenvalue weighted by Crippen LogP contribution is -2.41. The summed E-state index contributed by atoms with van der Waals surface area (Å²) in [6.45, 7) is 7.72. The largest absolute Gasteiger partial charge is 0.374 e. The Morgan fingerprint density at radius 2 is 1.93 bits per heavy atom. The third-order valence-electron chi connectivity index (χ3n) is 4.37. The molecule has 2 N–H and O–H groups in total. The number of imidazole rings is 1. The van der Waals surface area contributed by atoms with Crippen LogP contribution in [0.15, 0.2) is 36.9 Å². The molecule has 2 heterocycles. The second-order valence-electron chi connectivity index (χ2n) is 8.17.